The third kappa shape index (κ3) is 2.94. The number of nitrogens with zero attached hydrogens (tertiary/aromatic N) is 3. The topological polar surface area (TPSA) is 96.6 Å². The molecule has 7 nitrogen and oxygen atoms in total. The van der Waals surface area contributed by atoms with Gasteiger partial charge in [-0.3, -0.25) is 10.1 Å². The molecule has 0 bridgehead atoms. The zero-order valence-electron chi connectivity index (χ0n) is 10.9. The van der Waals surface area contributed by atoms with Crippen LogP contribution in [-0.4, -0.2) is 28.0 Å². The zero-order valence-corrected chi connectivity index (χ0v) is 10.9. The smallest absolute Gasteiger partial charge is 0.354 e. The summed E-state index contributed by atoms with van der Waals surface area (Å²) in [6.07, 6.45) is 0. The van der Waals surface area contributed by atoms with E-state index in [1.807, 2.05) is 0 Å². The van der Waals surface area contributed by atoms with Crippen LogP contribution in [0, 0.1) is 15.9 Å². The summed E-state index contributed by atoms with van der Waals surface area (Å²) >= 11 is 0. The van der Waals surface area contributed by atoms with Crippen molar-refractivity contribution < 1.29 is 19.2 Å². The quantitative estimate of drug-likeness (QED) is 0.687. The van der Waals surface area contributed by atoms with Gasteiger partial charge in [-0.25, -0.2) is 14.2 Å². The van der Waals surface area contributed by atoms with Crippen molar-refractivity contribution in [3.63, 3.8) is 0 Å². The SMILES string of the molecule is CN(c1ccc(F)cc1)c1nc(C(=O)O)ccc1[N+](=O)[O-]. The molecule has 0 aliphatic carbocycles. The molecule has 1 N–H and O–H groups in total. The van der Waals surface area contributed by atoms with Gasteiger partial charge in [0.2, 0.25) is 5.82 Å². The summed E-state index contributed by atoms with van der Waals surface area (Å²) in [7, 11) is 1.48. The molecule has 1 aromatic carbocycles. The fourth-order valence-electron chi connectivity index (χ4n) is 1.74. The van der Waals surface area contributed by atoms with Crippen molar-refractivity contribution in [2.45, 2.75) is 0 Å². The van der Waals surface area contributed by atoms with E-state index in [1.54, 1.807) is 0 Å². The molecule has 1 heterocycles. The standard InChI is InChI=1S/C13H10FN3O4/c1-16(9-4-2-8(14)3-5-9)12-11(17(20)21)7-6-10(15-12)13(18)19/h2-7H,1H3,(H,18,19). The lowest BCUT2D eigenvalue weighted by Crippen LogP contribution is -2.15. The summed E-state index contributed by atoms with van der Waals surface area (Å²) in [4.78, 5) is 26.4. The van der Waals surface area contributed by atoms with E-state index in [9.17, 15) is 19.3 Å². The van der Waals surface area contributed by atoms with E-state index in [1.165, 1.54) is 36.2 Å². The Kier molecular flexibility index (Phi) is 3.79. The van der Waals surface area contributed by atoms with Crippen LogP contribution in [0.1, 0.15) is 10.5 Å². The molecule has 8 heteroatoms. The maximum atomic E-state index is 12.9. The van der Waals surface area contributed by atoms with Crippen LogP contribution in [0.2, 0.25) is 0 Å². The number of carboxylic acid groups (broad SMARTS) is 1. The van der Waals surface area contributed by atoms with E-state index in [2.05, 4.69) is 4.98 Å². The maximum absolute atomic E-state index is 12.9. The maximum Gasteiger partial charge on any atom is 0.354 e. The number of pyridine rings is 1. The molecule has 0 fully saturated rings. The number of hydrogen-bond acceptors (Lipinski definition) is 5. The van der Waals surface area contributed by atoms with Crippen LogP contribution < -0.4 is 4.90 Å². The highest BCUT2D eigenvalue weighted by Crippen LogP contribution is 2.30. The number of halogens is 1. The van der Waals surface area contributed by atoms with Crippen molar-refractivity contribution in [3.05, 3.63) is 58.0 Å². The Morgan fingerprint density at radius 3 is 2.43 bits per heavy atom. The van der Waals surface area contributed by atoms with E-state index in [0.29, 0.717) is 5.69 Å². The number of nitro groups is 1. The summed E-state index contributed by atoms with van der Waals surface area (Å²) in [5.74, 6) is -1.88. The van der Waals surface area contributed by atoms with Gasteiger partial charge in [0.05, 0.1) is 4.92 Å². The fourth-order valence-corrected chi connectivity index (χ4v) is 1.74. The molecule has 2 aromatic rings. The van der Waals surface area contributed by atoms with Gasteiger partial charge in [-0.1, -0.05) is 0 Å². The van der Waals surface area contributed by atoms with Crippen molar-refractivity contribution >= 4 is 23.2 Å². The molecule has 0 aliphatic rings. The molecule has 2 rings (SSSR count). The Balaban J connectivity index is 2.53. The second-order valence-corrected chi connectivity index (χ2v) is 4.14. The Bertz CT molecular complexity index is 703. The van der Waals surface area contributed by atoms with Gasteiger partial charge in [0.1, 0.15) is 5.82 Å². The average molecular weight is 291 g/mol. The molecule has 0 unspecified atom stereocenters. The van der Waals surface area contributed by atoms with Gasteiger partial charge < -0.3 is 10.0 Å². The third-order valence-electron chi connectivity index (χ3n) is 2.80. The Morgan fingerprint density at radius 1 is 1.29 bits per heavy atom. The molecule has 0 atom stereocenters. The molecular weight excluding hydrogens is 281 g/mol. The number of hydrogen-bond donors (Lipinski definition) is 1. The van der Waals surface area contributed by atoms with Crippen molar-refractivity contribution in [1.82, 2.24) is 4.98 Å². The Hall–Kier alpha value is -3.03. The highest BCUT2D eigenvalue weighted by atomic mass is 19.1. The van der Waals surface area contributed by atoms with Crippen LogP contribution in [0.3, 0.4) is 0 Å². The molecule has 0 radical (unpaired) electrons. The molecule has 1 aromatic heterocycles. The van der Waals surface area contributed by atoms with E-state index >= 15 is 0 Å². The lowest BCUT2D eigenvalue weighted by molar-refractivity contribution is -0.384. The second kappa shape index (κ2) is 5.53. The summed E-state index contributed by atoms with van der Waals surface area (Å²) < 4.78 is 12.9. The molecule has 21 heavy (non-hydrogen) atoms. The number of carboxylic acids is 1. The highest BCUT2D eigenvalue weighted by molar-refractivity contribution is 5.87. The summed E-state index contributed by atoms with van der Waals surface area (Å²) in [6.45, 7) is 0. The minimum Gasteiger partial charge on any atom is -0.477 e. The van der Waals surface area contributed by atoms with Gasteiger partial charge in [0, 0.05) is 18.8 Å². The summed E-state index contributed by atoms with van der Waals surface area (Å²) in [5.41, 5.74) is -0.217. The first-order valence-electron chi connectivity index (χ1n) is 5.78. The van der Waals surface area contributed by atoms with E-state index < -0.39 is 16.7 Å². The first kappa shape index (κ1) is 14.4. The molecular formula is C13H10FN3O4. The lowest BCUT2D eigenvalue weighted by Gasteiger charge is -2.18. The summed E-state index contributed by atoms with van der Waals surface area (Å²) in [6, 6.07) is 7.34. The van der Waals surface area contributed by atoms with Gasteiger partial charge in [0.15, 0.2) is 5.69 Å². The van der Waals surface area contributed by atoms with E-state index in [0.717, 1.165) is 12.1 Å². The molecule has 0 spiro atoms. The normalized spacial score (nSPS) is 10.2. The average Bonchev–Trinajstić information content (AvgIpc) is 2.46. The monoisotopic (exact) mass is 291 g/mol. The van der Waals surface area contributed by atoms with Crippen LogP contribution in [0.25, 0.3) is 0 Å². The van der Waals surface area contributed by atoms with Gasteiger partial charge in [-0.05, 0) is 30.3 Å². The largest absolute Gasteiger partial charge is 0.477 e. The van der Waals surface area contributed by atoms with Gasteiger partial charge >= 0.3 is 11.7 Å². The molecule has 0 amide bonds. The highest BCUT2D eigenvalue weighted by Gasteiger charge is 2.22. The number of aromatic nitrogens is 1. The molecule has 0 saturated carbocycles. The minimum absolute atomic E-state index is 0.133. The van der Waals surface area contributed by atoms with Crippen molar-refractivity contribution in [1.29, 1.82) is 0 Å². The second-order valence-electron chi connectivity index (χ2n) is 4.14. The predicted octanol–water partition coefficient (Wildman–Crippen LogP) is 2.60. The predicted molar refractivity (Wildman–Crippen MR) is 72.3 cm³/mol. The first-order valence-corrected chi connectivity index (χ1v) is 5.78. The van der Waals surface area contributed by atoms with Gasteiger partial charge in [-0.2, -0.15) is 0 Å². The number of rotatable bonds is 4. The minimum atomic E-state index is -1.29. The first-order chi connectivity index (χ1) is 9.90. The Morgan fingerprint density at radius 2 is 1.90 bits per heavy atom. The molecule has 0 aliphatic heterocycles. The van der Waals surface area contributed by atoms with Crippen molar-refractivity contribution in [3.8, 4) is 0 Å². The van der Waals surface area contributed by atoms with Crippen LogP contribution in [0.4, 0.5) is 21.6 Å². The van der Waals surface area contributed by atoms with Crippen LogP contribution in [0.15, 0.2) is 36.4 Å². The number of aromatic carboxylic acids is 1. The number of anilines is 2. The van der Waals surface area contributed by atoms with E-state index in [4.69, 9.17) is 5.11 Å². The zero-order chi connectivity index (χ0) is 15.6. The number of carbonyl (C=O) groups is 1. The third-order valence-corrected chi connectivity index (χ3v) is 2.80. The van der Waals surface area contributed by atoms with Crippen LogP contribution in [0.5, 0.6) is 0 Å². The lowest BCUT2D eigenvalue weighted by atomic mass is 10.2. The fraction of sp³-hybridized carbons (Fsp3) is 0.0769. The van der Waals surface area contributed by atoms with Crippen LogP contribution >= 0.6 is 0 Å². The Labute approximate surface area is 118 Å². The summed E-state index contributed by atoms with van der Waals surface area (Å²) in [5, 5.41) is 20.0. The molecule has 0 saturated heterocycles. The van der Waals surface area contributed by atoms with Crippen LogP contribution in [-0.2, 0) is 0 Å². The van der Waals surface area contributed by atoms with E-state index in [-0.39, 0.29) is 17.2 Å². The van der Waals surface area contributed by atoms with Crippen molar-refractivity contribution in [2.75, 3.05) is 11.9 Å². The van der Waals surface area contributed by atoms with Gasteiger partial charge in [-0.15, -0.1) is 0 Å². The number of benzene rings is 1. The molecule has 108 valence electrons. The van der Waals surface area contributed by atoms with Crippen molar-refractivity contribution in [2.24, 2.45) is 0 Å². The van der Waals surface area contributed by atoms with Gasteiger partial charge in [0.25, 0.3) is 0 Å².